The lowest BCUT2D eigenvalue weighted by molar-refractivity contribution is -0.129. The third kappa shape index (κ3) is 5.27. The zero-order valence-electron chi connectivity index (χ0n) is 17.5. The molecule has 0 saturated heterocycles. The molecule has 0 rings (SSSR count). The fourth-order valence-electron chi connectivity index (χ4n) is 4.02. The summed E-state index contributed by atoms with van der Waals surface area (Å²) in [6, 6.07) is 0. The molecule has 0 aromatic rings. The Bertz CT molecular complexity index is 405. The number of hydrogen-bond donors (Lipinski definition) is 1. The lowest BCUT2D eigenvalue weighted by atomic mass is 9.88. The number of carbonyl (C=O) groups excluding carboxylic acids is 1. The van der Waals surface area contributed by atoms with E-state index in [4.69, 9.17) is 4.43 Å². The molecule has 0 aromatic carbocycles. The van der Waals surface area contributed by atoms with Crippen LogP contribution in [0.3, 0.4) is 0 Å². The molecule has 4 heteroatoms. The summed E-state index contributed by atoms with van der Waals surface area (Å²) in [6.45, 7) is 21.5. The maximum atomic E-state index is 12.7. The molecule has 3 nitrogen and oxygen atoms in total. The minimum atomic E-state index is -1.95. The standard InChI is InChI=1S/C20H40O3Si/c1-11-16(8)19(21)18(10)20(22)17(9)12-23-24(13(2)3,14(4)5)15(6)7/h11,13-15,17-19,21H,12H2,1-10H3/b16-11+/t17-,18-,19-/m1/s1. The topological polar surface area (TPSA) is 46.5 Å². The van der Waals surface area contributed by atoms with Crippen LogP contribution in [0, 0.1) is 11.8 Å². The maximum Gasteiger partial charge on any atom is 0.200 e. The molecule has 0 fully saturated rings. The molecule has 0 bridgehead atoms. The zero-order chi connectivity index (χ0) is 19.2. The molecule has 1 N–H and O–H groups in total. The van der Waals surface area contributed by atoms with Gasteiger partial charge in [-0.15, -0.1) is 0 Å². The summed E-state index contributed by atoms with van der Waals surface area (Å²) >= 11 is 0. The van der Waals surface area contributed by atoms with Gasteiger partial charge in [-0.1, -0.05) is 61.5 Å². The fourth-order valence-corrected chi connectivity index (χ4v) is 9.56. The third-order valence-electron chi connectivity index (χ3n) is 5.62. The van der Waals surface area contributed by atoms with Gasteiger partial charge in [0.25, 0.3) is 0 Å². The van der Waals surface area contributed by atoms with Gasteiger partial charge in [0.2, 0.25) is 0 Å². The zero-order valence-corrected chi connectivity index (χ0v) is 18.5. The summed E-state index contributed by atoms with van der Waals surface area (Å²) in [6.07, 6.45) is 1.16. The quantitative estimate of drug-likeness (QED) is 0.424. The molecule has 0 heterocycles. The number of Topliss-reactive ketones (excluding diaryl/α,β-unsaturated/α-hetero) is 1. The van der Waals surface area contributed by atoms with E-state index in [1.807, 2.05) is 33.8 Å². The van der Waals surface area contributed by atoms with Gasteiger partial charge in [0.1, 0.15) is 5.78 Å². The van der Waals surface area contributed by atoms with Crippen LogP contribution in [0.2, 0.25) is 16.6 Å². The molecule has 0 spiro atoms. The molecule has 0 aliphatic rings. The van der Waals surface area contributed by atoms with E-state index in [0.717, 1.165) is 5.57 Å². The minimum absolute atomic E-state index is 0.0860. The van der Waals surface area contributed by atoms with Gasteiger partial charge in [-0.05, 0) is 36.0 Å². The van der Waals surface area contributed by atoms with Crippen LogP contribution >= 0.6 is 0 Å². The van der Waals surface area contributed by atoms with Crippen molar-refractivity contribution in [2.45, 2.75) is 92.0 Å². The van der Waals surface area contributed by atoms with Crippen LogP contribution in [0.1, 0.15) is 69.2 Å². The highest BCUT2D eigenvalue weighted by molar-refractivity contribution is 6.77. The molecule has 24 heavy (non-hydrogen) atoms. The molecule has 0 amide bonds. The lowest BCUT2D eigenvalue weighted by Gasteiger charge is -2.42. The summed E-state index contributed by atoms with van der Waals surface area (Å²) < 4.78 is 6.54. The third-order valence-corrected chi connectivity index (χ3v) is 11.7. The van der Waals surface area contributed by atoms with Gasteiger partial charge in [0, 0.05) is 18.4 Å². The molecule has 0 aliphatic heterocycles. The highest BCUT2D eigenvalue weighted by atomic mass is 28.4. The van der Waals surface area contributed by atoms with Gasteiger partial charge in [-0.25, -0.2) is 0 Å². The van der Waals surface area contributed by atoms with Gasteiger partial charge in [-0.2, -0.15) is 0 Å². The average Bonchev–Trinajstić information content (AvgIpc) is 2.51. The summed E-state index contributed by atoms with van der Waals surface area (Å²) in [5.74, 6) is -0.502. The van der Waals surface area contributed by atoms with E-state index in [1.165, 1.54) is 0 Å². The molecule has 0 unspecified atom stereocenters. The van der Waals surface area contributed by atoms with Crippen LogP contribution in [0.25, 0.3) is 0 Å². The van der Waals surface area contributed by atoms with Crippen LogP contribution < -0.4 is 0 Å². The summed E-state index contributed by atoms with van der Waals surface area (Å²) in [5, 5.41) is 10.3. The molecule has 142 valence electrons. The first-order valence-corrected chi connectivity index (χ1v) is 11.6. The van der Waals surface area contributed by atoms with Crippen molar-refractivity contribution >= 4 is 14.1 Å². The predicted octanol–water partition coefficient (Wildman–Crippen LogP) is 5.35. The van der Waals surface area contributed by atoms with Crippen molar-refractivity contribution in [3.05, 3.63) is 11.6 Å². The van der Waals surface area contributed by atoms with Crippen molar-refractivity contribution in [2.75, 3.05) is 6.61 Å². The van der Waals surface area contributed by atoms with E-state index in [-0.39, 0.29) is 11.7 Å². The first-order valence-electron chi connectivity index (χ1n) is 9.41. The number of carbonyl (C=O) groups is 1. The first-order chi connectivity index (χ1) is 10.9. The van der Waals surface area contributed by atoms with Gasteiger partial charge in [0.15, 0.2) is 8.32 Å². The van der Waals surface area contributed by atoms with Crippen LogP contribution in [0.4, 0.5) is 0 Å². The Morgan fingerprint density at radius 1 is 1.00 bits per heavy atom. The highest BCUT2D eigenvalue weighted by Crippen LogP contribution is 2.42. The molecule has 0 aromatic heterocycles. The Morgan fingerprint density at radius 2 is 1.42 bits per heavy atom. The second-order valence-electron chi connectivity index (χ2n) is 8.20. The summed E-state index contributed by atoms with van der Waals surface area (Å²) in [5.41, 5.74) is 2.37. The van der Waals surface area contributed by atoms with E-state index >= 15 is 0 Å². The van der Waals surface area contributed by atoms with Gasteiger partial charge < -0.3 is 9.53 Å². The summed E-state index contributed by atoms with van der Waals surface area (Å²) in [4.78, 5) is 12.7. The Kier molecular flexibility index (Phi) is 9.70. The van der Waals surface area contributed by atoms with Crippen molar-refractivity contribution in [2.24, 2.45) is 11.8 Å². The molecule has 3 atom stereocenters. The number of ketones is 1. The van der Waals surface area contributed by atoms with Crippen molar-refractivity contribution in [1.82, 2.24) is 0 Å². The Labute approximate surface area is 151 Å². The maximum absolute atomic E-state index is 12.7. The molecular weight excluding hydrogens is 316 g/mol. The summed E-state index contributed by atoms with van der Waals surface area (Å²) in [7, 11) is -1.95. The molecule has 0 aliphatic carbocycles. The largest absolute Gasteiger partial charge is 0.415 e. The molecule has 0 radical (unpaired) electrons. The van der Waals surface area contributed by atoms with Crippen LogP contribution in [-0.2, 0) is 9.22 Å². The second kappa shape index (κ2) is 9.88. The smallest absolute Gasteiger partial charge is 0.200 e. The fraction of sp³-hybridized carbons (Fsp3) is 0.850. The van der Waals surface area contributed by atoms with Gasteiger partial charge in [0.05, 0.1) is 6.10 Å². The Hall–Kier alpha value is -0.453. The number of allylic oxidation sites excluding steroid dienone is 1. The minimum Gasteiger partial charge on any atom is -0.415 e. The van der Waals surface area contributed by atoms with E-state index in [9.17, 15) is 9.90 Å². The van der Waals surface area contributed by atoms with E-state index < -0.39 is 20.3 Å². The monoisotopic (exact) mass is 356 g/mol. The van der Waals surface area contributed by atoms with Crippen molar-refractivity contribution in [1.29, 1.82) is 0 Å². The van der Waals surface area contributed by atoms with Crippen LogP contribution in [-0.4, -0.2) is 31.9 Å². The normalized spacial score (nSPS) is 17.5. The number of aliphatic hydroxyl groups is 1. The van der Waals surface area contributed by atoms with Crippen LogP contribution in [0.15, 0.2) is 11.6 Å². The highest BCUT2D eigenvalue weighted by Gasteiger charge is 2.45. The second-order valence-corrected chi connectivity index (χ2v) is 13.7. The number of aliphatic hydroxyl groups excluding tert-OH is 1. The van der Waals surface area contributed by atoms with E-state index in [1.54, 1.807) is 0 Å². The predicted molar refractivity (Wildman–Crippen MR) is 106 cm³/mol. The van der Waals surface area contributed by atoms with Crippen molar-refractivity contribution in [3.63, 3.8) is 0 Å². The molecule has 0 saturated carbocycles. The number of rotatable bonds is 10. The average molecular weight is 357 g/mol. The van der Waals surface area contributed by atoms with Crippen molar-refractivity contribution in [3.8, 4) is 0 Å². The SMILES string of the molecule is C/C=C(\C)[C@@H](O)[C@@H](C)C(=O)[C@H](C)CO[Si](C(C)C)(C(C)C)C(C)C. The van der Waals surface area contributed by atoms with E-state index in [0.29, 0.717) is 23.2 Å². The van der Waals surface area contributed by atoms with E-state index in [2.05, 4.69) is 41.5 Å². The lowest BCUT2D eigenvalue weighted by Crippen LogP contribution is -2.49. The van der Waals surface area contributed by atoms with Gasteiger partial charge in [-0.3, -0.25) is 4.79 Å². The first kappa shape index (κ1) is 23.5. The van der Waals surface area contributed by atoms with Crippen LogP contribution in [0.5, 0.6) is 0 Å². The van der Waals surface area contributed by atoms with Gasteiger partial charge >= 0.3 is 0 Å². The Balaban J connectivity index is 5.10. The Morgan fingerprint density at radius 3 is 1.75 bits per heavy atom. The number of hydrogen-bond acceptors (Lipinski definition) is 3. The van der Waals surface area contributed by atoms with Crippen molar-refractivity contribution < 1.29 is 14.3 Å². The molecular formula is C20H40O3Si.